The fourth-order valence-corrected chi connectivity index (χ4v) is 3.93. The number of nitrogens with zero attached hydrogens (tertiary/aromatic N) is 3. The van der Waals surface area contributed by atoms with E-state index in [1.54, 1.807) is 23.2 Å². The largest absolute Gasteiger partial charge is 0.327 e. The van der Waals surface area contributed by atoms with Crippen molar-refractivity contribution in [2.75, 3.05) is 16.3 Å². The molecular weight excluding hydrogens is 425 g/mol. The van der Waals surface area contributed by atoms with Crippen LogP contribution < -0.4 is 9.80 Å². The molecule has 0 aliphatic rings. The van der Waals surface area contributed by atoms with Gasteiger partial charge in [0.25, 0.3) is 0 Å². The minimum Gasteiger partial charge on any atom is -0.327 e. The fraction of sp³-hybridized carbons (Fsp3) is 0.172. The molecule has 4 aromatic rings. The van der Waals surface area contributed by atoms with E-state index in [9.17, 15) is 9.18 Å². The average Bonchev–Trinajstić information content (AvgIpc) is 2.89. The summed E-state index contributed by atoms with van der Waals surface area (Å²) in [5, 5.41) is 0. The highest BCUT2D eigenvalue weighted by Gasteiger charge is 2.19. The Bertz CT molecular complexity index is 1200. The lowest BCUT2D eigenvalue weighted by molar-refractivity contribution is -0.118. The zero-order valence-corrected chi connectivity index (χ0v) is 19.3. The lowest BCUT2D eigenvalue weighted by Crippen LogP contribution is -2.31. The number of carbonyl (C=O) groups excluding carboxylic acids is 1. The van der Waals surface area contributed by atoms with Crippen LogP contribution in [0, 0.1) is 5.82 Å². The van der Waals surface area contributed by atoms with Crippen molar-refractivity contribution in [3.05, 3.63) is 120 Å². The minimum atomic E-state index is -0.293. The maximum atomic E-state index is 13.5. The van der Waals surface area contributed by atoms with Gasteiger partial charge in [-0.15, -0.1) is 0 Å². The van der Waals surface area contributed by atoms with Crippen LogP contribution in [-0.2, 0) is 17.8 Å². The van der Waals surface area contributed by atoms with E-state index in [0.717, 1.165) is 34.9 Å². The van der Waals surface area contributed by atoms with E-state index >= 15 is 0 Å². The van der Waals surface area contributed by atoms with Crippen LogP contribution in [-0.4, -0.2) is 17.4 Å². The van der Waals surface area contributed by atoms with E-state index < -0.39 is 0 Å². The number of amides is 1. The number of aryl methyl sites for hydroxylation is 1. The Labute approximate surface area is 200 Å². The van der Waals surface area contributed by atoms with Gasteiger partial charge >= 0.3 is 0 Å². The van der Waals surface area contributed by atoms with E-state index in [1.165, 1.54) is 12.1 Å². The lowest BCUT2D eigenvalue weighted by Gasteiger charge is -2.26. The molecule has 1 heterocycles. The zero-order valence-electron chi connectivity index (χ0n) is 19.3. The molecular formula is C29H28FN3O. The summed E-state index contributed by atoms with van der Waals surface area (Å²) in [5.41, 5.74) is 3.79. The summed E-state index contributed by atoms with van der Waals surface area (Å²) < 4.78 is 13.5. The number of para-hydroxylation sites is 1. The zero-order chi connectivity index (χ0) is 23.8. The van der Waals surface area contributed by atoms with E-state index in [1.807, 2.05) is 72.8 Å². The first-order valence-electron chi connectivity index (χ1n) is 11.5. The number of carbonyl (C=O) groups is 1. The summed E-state index contributed by atoms with van der Waals surface area (Å²) in [6.45, 7) is 3.16. The van der Waals surface area contributed by atoms with Crippen molar-refractivity contribution in [1.29, 1.82) is 0 Å². The highest BCUT2D eigenvalue weighted by molar-refractivity contribution is 5.93. The van der Waals surface area contributed by atoms with E-state index in [4.69, 9.17) is 0 Å². The number of aromatic nitrogens is 1. The Morgan fingerprint density at radius 3 is 2.18 bits per heavy atom. The predicted octanol–water partition coefficient (Wildman–Crippen LogP) is 6.54. The molecule has 0 radical (unpaired) electrons. The molecule has 0 aliphatic heterocycles. The maximum Gasteiger partial charge on any atom is 0.227 e. The minimum absolute atomic E-state index is 0.00749. The molecule has 0 N–H and O–H groups in total. The molecule has 0 saturated carbocycles. The van der Waals surface area contributed by atoms with Gasteiger partial charge in [-0.2, -0.15) is 0 Å². The molecule has 1 amide bonds. The van der Waals surface area contributed by atoms with Crippen LogP contribution in [0.3, 0.4) is 0 Å². The summed E-state index contributed by atoms with van der Waals surface area (Å²) in [5.74, 6) is 0.484. The van der Waals surface area contributed by atoms with Gasteiger partial charge in [-0.1, -0.05) is 60.7 Å². The molecule has 0 unspecified atom stereocenters. The second kappa shape index (κ2) is 11.2. The van der Waals surface area contributed by atoms with E-state index in [0.29, 0.717) is 19.4 Å². The first-order valence-corrected chi connectivity index (χ1v) is 11.5. The average molecular weight is 454 g/mol. The molecule has 1 aromatic heterocycles. The molecule has 3 aromatic carbocycles. The number of rotatable bonds is 9. The van der Waals surface area contributed by atoms with E-state index in [-0.39, 0.29) is 11.7 Å². The van der Waals surface area contributed by atoms with Gasteiger partial charge in [0, 0.05) is 36.6 Å². The third-order valence-electron chi connectivity index (χ3n) is 5.73. The summed E-state index contributed by atoms with van der Waals surface area (Å²) in [6.07, 6.45) is 2.76. The number of pyridine rings is 1. The van der Waals surface area contributed by atoms with Crippen molar-refractivity contribution in [2.45, 2.75) is 26.3 Å². The molecule has 4 rings (SSSR count). The number of halogens is 1. The molecule has 0 fully saturated rings. The lowest BCUT2D eigenvalue weighted by atomic mass is 10.1. The predicted molar refractivity (Wildman–Crippen MR) is 136 cm³/mol. The van der Waals surface area contributed by atoms with Crippen LogP contribution >= 0.6 is 0 Å². The summed E-state index contributed by atoms with van der Waals surface area (Å²) in [4.78, 5) is 21.9. The number of anilines is 3. The van der Waals surface area contributed by atoms with Crippen LogP contribution in [0.4, 0.5) is 21.6 Å². The molecule has 0 saturated heterocycles. The third-order valence-corrected chi connectivity index (χ3v) is 5.73. The highest BCUT2D eigenvalue weighted by Crippen LogP contribution is 2.28. The molecule has 34 heavy (non-hydrogen) atoms. The van der Waals surface area contributed by atoms with Crippen molar-refractivity contribution in [1.82, 2.24) is 4.98 Å². The molecule has 0 atom stereocenters. The third kappa shape index (κ3) is 5.87. The highest BCUT2D eigenvalue weighted by atomic mass is 19.1. The van der Waals surface area contributed by atoms with Crippen LogP contribution in [0.25, 0.3) is 0 Å². The smallest absolute Gasteiger partial charge is 0.227 e. The van der Waals surface area contributed by atoms with Gasteiger partial charge in [0.1, 0.15) is 11.6 Å². The van der Waals surface area contributed by atoms with Crippen LogP contribution in [0.1, 0.15) is 24.5 Å². The molecule has 0 aliphatic carbocycles. The topological polar surface area (TPSA) is 36.4 Å². The first kappa shape index (κ1) is 23.2. The Balaban J connectivity index is 1.62. The summed E-state index contributed by atoms with van der Waals surface area (Å²) >= 11 is 0. The quantitative estimate of drug-likeness (QED) is 0.289. The maximum absolute atomic E-state index is 13.5. The van der Waals surface area contributed by atoms with Crippen LogP contribution in [0.15, 0.2) is 103 Å². The van der Waals surface area contributed by atoms with Crippen LogP contribution in [0.2, 0.25) is 0 Å². The standard InChI is InChI=1S/C29H28FN3O/c1-2-32(26-11-7-4-8-12-26)28-21-27(19-20-31-28)33(22-24-13-16-25(30)17-14-24)29(34)18-15-23-9-5-3-6-10-23/h3-14,16-17,19-21H,2,15,18,22H2,1H3. The summed E-state index contributed by atoms with van der Waals surface area (Å²) in [7, 11) is 0. The monoisotopic (exact) mass is 453 g/mol. The second-order valence-corrected chi connectivity index (χ2v) is 8.04. The number of hydrogen-bond acceptors (Lipinski definition) is 3. The van der Waals surface area contributed by atoms with Crippen molar-refractivity contribution in [3.8, 4) is 0 Å². The first-order chi connectivity index (χ1) is 16.6. The second-order valence-electron chi connectivity index (χ2n) is 8.04. The van der Waals surface area contributed by atoms with E-state index in [2.05, 4.69) is 16.8 Å². The Hall–Kier alpha value is -3.99. The van der Waals surface area contributed by atoms with Gasteiger partial charge < -0.3 is 9.80 Å². The summed E-state index contributed by atoms with van der Waals surface area (Å²) in [6, 6.07) is 30.1. The van der Waals surface area contributed by atoms with Gasteiger partial charge in [0.05, 0.1) is 6.54 Å². The van der Waals surface area contributed by atoms with Gasteiger partial charge in [0.2, 0.25) is 5.91 Å². The Kier molecular flexibility index (Phi) is 7.66. The van der Waals surface area contributed by atoms with Crippen LogP contribution in [0.5, 0.6) is 0 Å². The molecule has 0 bridgehead atoms. The van der Waals surface area contributed by atoms with Gasteiger partial charge in [-0.05, 0) is 54.8 Å². The van der Waals surface area contributed by atoms with Gasteiger partial charge in [-0.3, -0.25) is 4.79 Å². The molecule has 5 heteroatoms. The van der Waals surface area contributed by atoms with Crippen molar-refractivity contribution >= 4 is 23.1 Å². The molecule has 0 spiro atoms. The van der Waals surface area contributed by atoms with Gasteiger partial charge in [0.15, 0.2) is 0 Å². The van der Waals surface area contributed by atoms with Crippen molar-refractivity contribution in [2.24, 2.45) is 0 Å². The SMILES string of the molecule is CCN(c1ccccc1)c1cc(N(Cc2ccc(F)cc2)C(=O)CCc2ccccc2)ccn1. The normalized spacial score (nSPS) is 10.6. The Morgan fingerprint density at radius 2 is 1.50 bits per heavy atom. The van der Waals surface area contributed by atoms with Gasteiger partial charge in [-0.25, -0.2) is 9.37 Å². The number of hydrogen-bond donors (Lipinski definition) is 0. The van der Waals surface area contributed by atoms with Crippen molar-refractivity contribution in [3.63, 3.8) is 0 Å². The molecule has 4 nitrogen and oxygen atoms in total. The number of benzene rings is 3. The molecule has 172 valence electrons. The van der Waals surface area contributed by atoms with Crippen molar-refractivity contribution < 1.29 is 9.18 Å². The Morgan fingerprint density at radius 1 is 0.824 bits per heavy atom. The fourth-order valence-electron chi connectivity index (χ4n) is 3.93.